The predicted molar refractivity (Wildman–Crippen MR) is 83.7 cm³/mol. The third-order valence-electron chi connectivity index (χ3n) is 2.79. The smallest absolute Gasteiger partial charge is 0.124 e. The highest BCUT2D eigenvalue weighted by molar-refractivity contribution is 9.10. The molecule has 0 aliphatic carbocycles. The molecule has 0 spiro atoms. The van der Waals surface area contributed by atoms with Crippen molar-refractivity contribution in [2.45, 2.75) is 19.9 Å². The van der Waals surface area contributed by atoms with Crippen LogP contribution in [0.15, 0.2) is 46.9 Å². The molecule has 0 saturated heterocycles. The van der Waals surface area contributed by atoms with Crippen molar-refractivity contribution in [1.82, 2.24) is 0 Å². The van der Waals surface area contributed by atoms with Crippen molar-refractivity contribution in [2.24, 2.45) is 0 Å². The molecule has 0 bridgehead atoms. The quantitative estimate of drug-likeness (QED) is 0.801. The maximum Gasteiger partial charge on any atom is 0.124 e. The van der Waals surface area contributed by atoms with Gasteiger partial charge in [-0.05, 0) is 58.2 Å². The second kappa shape index (κ2) is 7.29. The highest BCUT2D eigenvalue weighted by Gasteiger charge is 2.02. The fourth-order valence-corrected chi connectivity index (χ4v) is 2.29. The summed E-state index contributed by atoms with van der Waals surface area (Å²) in [4.78, 5) is 0. The molecule has 106 valence electrons. The first-order chi connectivity index (χ1) is 9.69. The van der Waals surface area contributed by atoms with Crippen LogP contribution in [0.4, 0.5) is 10.1 Å². The minimum atomic E-state index is -0.252. The van der Waals surface area contributed by atoms with Crippen LogP contribution in [0, 0.1) is 5.82 Å². The fourth-order valence-electron chi connectivity index (χ4n) is 1.80. The zero-order valence-corrected chi connectivity index (χ0v) is 12.9. The van der Waals surface area contributed by atoms with Crippen molar-refractivity contribution >= 4 is 21.6 Å². The lowest BCUT2D eigenvalue weighted by molar-refractivity contribution is 0.317. The number of anilines is 1. The van der Waals surface area contributed by atoms with E-state index in [4.69, 9.17) is 4.74 Å². The van der Waals surface area contributed by atoms with E-state index < -0.39 is 0 Å². The molecule has 0 amide bonds. The van der Waals surface area contributed by atoms with Crippen LogP contribution in [-0.4, -0.2) is 6.61 Å². The zero-order valence-electron chi connectivity index (χ0n) is 11.3. The first kappa shape index (κ1) is 14.9. The lowest BCUT2D eigenvalue weighted by atomic mass is 10.2. The van der Waals surface area contributed by atoms with Gasteiger partial charge in [0.05, 0.1) is 6.61 Å². The molecule has 0 saturated carbocycles. The maximum atomic E-state index is 13.0. The molecule has 20 heavy (non-hydrogen) atoms. The van der Waals surface area contributed by atoms with E-state index in [0.29, 0.717) is 6.54 Å². The van der Waals surface area contributed by atoms with E-state index >= 15 is 0 Å². The van der Waals surface area contributed by atoms with E-state index in [2.05, 4.69) is 28.2 Å². The summed E-state index contributed by atoms with van der Waals surface area (Å²) in [7, 11) is 0. The van der Waals surface area contributed by atoms with Crippen LogP contribution in [0.3, 0.4) is 0 Å². The van der Waals surface area contributed by atoms with E-state index in [-0.39, 0.29) is 5.82 Å². The topological polar surface area (TPSA) is 21.3 Å². The normalized spacial score (nSPS) is 10.3. The molecule has 0 aliphatic rings. The minimum Gasteiger partial charge on any atom is -0.494 e. The lowest BCUT2D eigenvalue weighted by Crippen LogP contribution is -2.01. The molecule has 0 heterocycles. The molecule has 2 nitrogen and oxygen atoms in total. The number of ether oxygens (including phenoxy) is 1. The first-order valence-electron chi connectivity index (χ1n) is 6.59. The van der Waals surface area contributed by atoms with Crippen molar-refractivity contribution < 1.29 is 9.13 Å². The summed E-state index contributed by atoms with van der Waals surface area (Å²) < 4.78 is 19.3. The Morgan fingerprint density at radius 1 is 1.20 bits per heavy atom. The van der Waals surface area contributed by atoms with Gasteiger partial charge in [0, 0.05) is 16.7 Å². The molecule has 0 aromatic heterocycles. The largest absolute Gasteiger partial charge is 0.494 e. The number of hydrogen-bond donors (Lipinski definition) is 1. The van der Waals surface area contributed by atoms with Gasteiger partial charge in [0.1, 0.15) is 11.6 Å². The van der Waals surface area contributed by atoms with Crippen molar-refractivity contribution in [3.63, 3.8) is 0 Å². The van der Waals surface area contributed by atoms with Crippen LogP contribution in [0.25, 0.3) is 0 Å². The Kier molecular flexibility index (Phi) is 5.41. The predicted octanol–water partition coefficient (Wildman–Crippen LogP) is 4.99. The summed E-state index contributed by atoms with van der Waals surface area (Å²) in [5.41, 5.74) is 1.99. The summed E-state index contributed by atoms with van der Waals surface area (Å²) in [5.74, 6) is 0.627. The van der Waals surface area contributed by atoms with E-state index in [1.165, 1.54) is 12.1 Å². The van der Waals surface area contributed by atoms with Crippen LogP contribution in [-0.2, 0) is 6.54 Å². The lowest BCUT2D eigenvalue weighted by Gasteiger charge is -2.10. The van der Waals surface area contributed by atoms with Gasteiger partial charge < -0.3 is 10.1 Å². The standard InChI is InChI=1S/C16H17BrFNO/c1-2-8-20-14-5-3-4-12(9-14)11-19-16-7-6-13(18)10-15(16)17/h3-7,9-10,19H,2,8,11H2,1H3. The number of hydrogen-bond acceptors (Lipinski definition) is 2. The Bertz CT molecular complexity index is 574. The SMILES string of the molecule is CCCOc1cccc(CNc2ccc(F)cc2Br)c1. The number of benzene rings is 2. The van der Waals surface area contributed by atoms with Crippen LogP contribution < -0.4 is 10.1 Å². The molecule has 0 aliphatic heterocycles. The second-order valence-corrected chi connectivity index (χ2v) is 5.33. The van der Waals surface area contributed by atoms with Gasteiger partial charge in [0.15, 0.2) is 0 Å². The van der Waals surface area contributed by atoms with E-state index in [1.807, 2.05) is 24.3 Å². The second-order valence-electron chi connectivity index (χ2n) is 4.47. The molecule has 2 aromatic carbocycles. The van der Waals surface area contributed by atoms with Gasteiger partial charge in [-0.3, -0.25) is 0 Å². The highest BCUT2D eigenvalue weighted by Crippen LogP contribution is 2.24. The Hall–Kier alpha value is -1.55. The molecular weight excluding hydrogens is 321 g/mol. The molecule has 0 radical (unpaired) electrons. The number of nitrogens with one attached hydrogen (secondary N) is 1. The van der Waals surface area contributed by atoms with Gasteiger partial charge in [-0.15, -0.1) is 0 Å². The van der Waals surface area contributed by atoms with Crippen molar-refractivity contribution in [3.8, 4) is 5.75 Å². The summed E-state index contributed by atoms with van der Waals surface area (Å²) in [5, 5.41) is 3.27. The van der Waals surface area contributed by atoms with Crippen molar-refractivity contribution in [1.29, 1.82) is 0 Å². The molecule has 1 N–H and O–H groups in total. The first-order valence-corrected chi connectivity index (χ1v) is 7.39. The number of rotatable bonds is 6. The van der Waals surface area contributed by atoms with Gasteiger partial charge in [-0.2, -0.15) is 0 Å². The van der Waals surface area contributed by atoms with Crippen LogP contribution in [0.1, 0.15) is 18.9 Å². The Balaban J connectivity index is 1.99. The van der Waals surface area contributed by atoms with Crippen molar-refractivity contribution in [2.75, 3.05) is 11.9 Å². The average Bonchev–Trinajstić information content (AvgIpc) is 2.45. The summed E-state index contributed by atoms with van der Waals surface area (Å²) in [6.45, 7) is 3.46. The van der Waals surface area contributed by atoms with E-state index in [9.17, 15) is 4.39 Å². The van der Waals surface area contributed by atoms with Crippen LogP contribution >= 0.6 is 15.9 Å². The summed E-state index contributed by atoms with van der Waals surface area (Å²) in [6, 6.07) is 12.6. The third-order valence-corrected chi connectivity index (χ3v) is 3.44. The van der Waals surface area contributed by atoms with Gasteiger partial charge in [-0.25, -0.2) is 4.39 Å². The Labute approximate surface area is 127 Å². The van der Waals surface area contributed by atoms with Crippen molar-refractivity contribution in [3.05, 3.63) is 58.3 Å². The highest BCUT2D eigenvalue weighted by atomic mass is 79.9. The third kappa shape index (κ3) is 4.23. The maximum absolute atomic E-state index is 13.0. The molecule has 0 fully saturated rings. The minimum absolute atomic E-state index is 0.252. The zero-order chi connectivity index (χ0) is 14.4. The molecule has 4 heteroatoms. The molecular formula is C16H17BrFNO. The van der Waals surface area contributed by atoms with Crippen LogP contribution in [0.2, 0.25) is 0 Å². The Morgan fingerprint density at radius 3 is 2.80 bits per heavy atom. The number of halogens is 2. The summed E-state index contributed by atoms with van der Waals surface area (Å²) in [6.07, 6.45) is 0.991. The fraction of sp³-hybridized carbons (Fsp3) is 0.250. The van der Waals surface area contributed by atoms with Crippen LogP contribution in [0.5, 0.6) is 5.75 Å². The summed E-state index contributed by atoms with van der Waals surface area (Å²) >= 11 is 3.34. The van der Waals surface area contributed by atoms with E-state index in [1.54, 1.807) is 6.07 Å². The Morgan fingerprint density at radius 2 is 2.05 bits per heavy atom. The molecule has 2 aromatic rings. The molecule has 0 unspecified atom stereocenters. The van der Waals surface area contributed by atoms with Gasteiger partial charge in [0.2, 0.25) is 0 Å². The van der Waals surface area contributed by atoms with Gasteiger partial charge in [-0.1, -0.05) is 19.1 Å². The van der Waals surface area contributed by atoms with Gasteiger partial charge >= 0.3 is 0 Å². The average molecular weight is 338 g/mol. The monoisotopic (exact) mass is 337 g/mol. The molecule has 2 rings (SSSR count). The van der Waals surface area contributed by atoms with Gasteiger partial charge in [0.25, 0.3) is 0 Å². The van der Waals surface area contributed by atoms with E-state index in [0.717, 1.165) is 34.5 Å². The molecule has 0 atom stereocenters.